The van der Waals surface area contributed by atoms with Crippen LogP contribution in [0.4, 0.5) is 0 Å². The highest BCUT2D eigenvalue weighted by atomic mass is 15.1. The zero-order valence-electron chi connectivity index (χ0n) is 11.2. The summed E-state index contributed by atoms with van der Waals surface area (Å²) in [6, 6.07) is 1.49. The third kappa shape index (κ3) is 3.21. The Balaban J connectivity index is 1.71. The van der Waals surface area contributed by atoms with Gasteiger partial charge in [-0.1, -0.05) is 12.8 Å². The smallest absolute Gasteiger partial charge is 0.0242 e. The van der Waals surface area contributed by atoms with Gasteiger partial charge in [0.05, 0.1) is 0 Å². The molecule has 0 radical (unpaired) electrons. The fourth-order valence-electron chi connectivity index (χ4n) is 3.18. The van der Waals surface area contributed by atoms with Crippen LogP contribution in [0, 0.1) is 11.8 Å². The Bertz CT molecular complexity index is 203. The van der Waals surface area contributed by atoms with Crippen LogP contribution >= 0.6 is 0 Å². The van der Waals surface area contributed by atoms with Crippen molar-refractivity contribution in [3.8, 4) is 0 Å². The standard InChI is InChI=1S/C14H28N2/c1-11(12-6-4-5-7-12)15-10-14(16(2)3)13-8-9-13/h11-15H,4-10H2,1-3H3. The molecule has 1 N–H and O–H groups in total. The van der Waals surface area contributed by atoms with E-state index in [-0.39, 0.29) is 0 Å². The maximum atomic E-state index is 3.79. The summed E-state index contributed by atoms with van der Waals surface area (Å²) in [5, 5.41) is 3.79. The van der Waals surface area contributed by atoms with Gasteiger partial charge < -0.3 is 10.2 Å². The van der Waals surface area contributed by atoms with Gasteiger partial charge in [0.1, 0.15) is 0 Å². The van der Waals surface area contributed by atoms with E-state index in [4.69, 9.17) is 0 Å². The molecule has 0 spiro atoms. The second-order valence-corrected chi connectivity index (χ2v) is 6.11. The minimum atomic E-state index is 0.726. The second kappa shape index (κ2) is 5.50. The van der Waals surface area contributed by atoms with Crippen molar-refractivity contribution in [2.45, 2.75) is 57.5 Å². The molecule has 0 aromatic rings. The number of rotatable bonds is 6. The molecule has 0 aliphatic heterocycles. The van der Waals surface area contributed by atoms with E-state index in [1.165, 1.54) is 45.1 Å². The summed E-state index contributed by atoms with van der Waals surface area (Å²) in [4.78, 5) is 2.41. The third-order valence-electron chi connectivity index (χ3n) is 4.59. The molecule has 2 nitrogen and oxygen atoms in total. The molecule has 0 aromatic heterocycles. The van der Waals surface area contributed by atoms with Crippen LogP contribution in [0.15, 0.2) is 0 Å². The predicted octanol–water partition coefficient (Wildman–Crippen LogP) is 2.49. The molecule has 2 rings (SSSR count). The minimum absolute atomic E-state index is 0.726. The van der Waals surface area contributed by atoms with Crippen LogP contribution in [-0.4, -0.2) is 37.6 Å². The number of hydrogen-bond donors (Lipinski definition) is 1. The zero-order chi connectivity index (χ0) is 11.5. The van der Waals surface area contributed by atoms with Gasteiger partial charge in [0.15, 0.2) is 0 Å². The van der Waals surface area contributed by atoms with Crippen LogP contribution < -0.4 is 5.32 Å². The molecule has 2 heteroatoms. The Morgan fingerprint density at radius 1 is 1.06 bits per heavy atom. The lowest BCUT2D eigenvalue weighted by atomic mass is 9.99. The molecule has 0 amide bonds. The summed E-state index contributed by atoms with van der Waals surface area (Å²) in [5.41, 5.74) is 0. The van der Waals surface area contributed by atoms with Crippen molar-refractivity contribution < 1.29 is 0 Å². The summed E-state index contributed by atoms with van der Waals surface area (Å²) >= 11 is 0. The van der Waals surface area contributed by atoms with Crippen LogP contribution in [0.3, 0.4) is 0 Å². The molecule has 2 atom stereocenters. The van der Waals surface area contributed by atoms with Crippen molar-refractivity contribution in [1.29, 1.82) is 0 Å². The van der Waals surface area contributed by atoms with E-state index < -0.39 is 0 Å². The van der Waals surface area contributed by atoms with E-state index in [1.807, 2.05) is 0 Å². The van der Waals surface area contributed by atoms with Gasteiger partial charge in [0.2, 0.25) is 0 Å². The van der Waals surface area contributed by atoms with Crippen molar-refractivity contribution in [2.75, 3.05) is 20.6 Å². The quantitative estimate of drug-likeness (QED) is 0.746. The molecule has 2 aliphatic rings. The summed E-state index contributed by atoms with van der Waals surface area (Å²) in [5.74, 6) is 1.92. The van der Waals surface area contributed by atoms with Crippen molar-refractivity contribution in [3.63, 3.8) is 0 Å². The monoisotopic (exact) mass is 224 g/mol. The van der Waals surface area contributed by atoms with Crippen molar-refractivity contribution in [3.05, 3.63) is 0 Å². The van der Waals surface area contributed by atoms with Crippen LogP contribution in [0.2, 0.25) is 0 Å². The van der Waals surface area contributed by atoms with Crippen LogP contribution in [0.5, 0.6) is 0 Å². The van der Waals surface area contributed by atoms with E-state index in [0.29, 0.717) is 0 Å². The van der Waals surface area contributed by atoms with E-state index in [9.17, 15) is 0 Å². The first kappa shape index (κ1) is 12.4. The van der Waals surface area contributed by atoms with Crippen molar-refractivity contribution >= 4 is 0 Å². The lowest BCUT2D eigenvalue weighted by Crippen LogP contribution is -2.44. The van der Waals surface area contributed by atoms with E-state index in [1.54, 1.807) is 0 Å². The Morgan fingerprint density at radius 3 is 2.19 bits per heavy atom. The molecule has 2 aliphatic carbocycles. The van der Waals surface area contributed by atoms with Gasteiger partial charge in [0.25, 0.3) is 0 Å². The number of nitrogens with one attached hydrogen (secondary N) is 1. The largest absolute Gasteiger partial charge is 0.312 e. The molecule has 0 bridgehead atoms. The maximum absolute atomic E-state index is 3.79. The van der Waals surface area contributed by atoms with Crippen LogP contribution in [0.1, 0.15) is 45.4 Å². The molecule has 16 heavy (non-hydrogen) atoms. The normalized spacial score (nSPS) is 26.2. The van der Waals surface area contributed by atoms with Gasteiger partial charge >= 0.3 is 0 Å². The Kier molecular flexibility index (Phi) is 4.26. The van der Waals surface area contributed by atoms with Crippen molar-refractivity contribution in [2.24, 2.45) is 11.8 Å². The van der Waals surface area contributed by atoms with Crippen LogP contribution in [0.25, 0.3) is 0 Å². The third-order valence-corrected chi connectivity index (χ3v) is 4.59. The van der Waals surface area contributed by atoms with Gasteiger partial charge in [-0.25, -0.2) is 0 Å². The molecule has 2 unspecified atom stereocenters. The van der Waals surface area contributed by atoms with E-state index in [0.717, 1.165) is 23.9 Å². The predicted molar refractivity (Wildman–Crippen MR) is 69.6 cm³/mol. The zero-order valence-corrected chi connectivity index (χ0v) is 11.2. The first-order chi connectivity index (χ1) is 7.68. The van der Waals surface area contributed by atoms with Crippen molar-refractivity contribution in [1.82, 2.24) is 10.2 Å². The molecule has 2 fully saturated rings. The number of nitrogens with zero attached hydrogens (tertiary/aromatic N) is 1. The average Bonchev–Trinajstić information content (AvgIpc) is 2.93. The molecular formula is C14H28N2. The highest BCUT2D eigenvalue weighted by Crippen LogP contribution is 2.34. The van der Waals surface area contributed by atoms with E-state index >= 15 is 0 Å². The van der Waals surface area contributed by atoms with Gasteiger partial charge in [-0.3, -0.25) is 0 Å². The number of likely N-dealkylation sites (N-methyl/N-ethyl adjacent to an activating group) is 1. The minimum Gasteiger partial charge on any atom is -0.312 e. The van der Waals surface area contributed by atoms with Gasteiger partial charge in [-0.15, -0.1) is 0 Å². The molecule has 0 saturated heterocycles. The van der Waals surface area contributed by atoms with Gasteiger partial charge in [0, 0.05) is 18.6 Å². The van der Waals surface area contributed by atoms with Gasteiger partial charge in [-0.05, 0) is 58.5 Å². The molecule has 0 aromatic carbocycles. The lowest BCUT2D eigenvalue weighted by Gasteiger charge is -2.28. The fraction of sp³-hybridized carbons (Fsp3) is 1.00. The summed E-state index contributed by atoms with van der Waals surface area (Å²) in [6.07, 6.45) is 8.70. The Hall–Kier alpha value is -0.0800. The SMILES string of the molecule is CC(NCC(C1CC1)N(C)C)C1CCCC1. The molecule has 2 saturated carbocycles. The molecule has 94 valence electrons. The molecule has 0 heterocycles. The topological polar surface area (TPSA) is 15.3 Å². The Labute approximate surface area is 101 Å². The highest BCUT2D eigenvalue weighted by Gasteiger charge is 2.33. The lowest BCUT2D eigenvalue weighted by molar-refractivity contribution is 0.239. The summed E-state index contributed by atoms with van der Waals surface area (Å²) in [7, 11) is 4.45. The Morgan fingerprint density at radius 2 is 1.69 bits per heavy atom. The summed E-state index contributed by atoms with van der Waals surface area (Å²) in [6.45, 7) is 3.57. The first-order valence-corrected chi connectivity index (χ1v) is 7.08. The second-order valence-electron chi connectivity index (χ2n) is 6.11. The molecular weight excluding hydrogens is 196 g/mol. The maximum Gasteiger partial charge on any atom is 0.0242 e. The van der Waals surface area contributed by atoms with Crippen LogP contribution in [-0.2, 0) is 0 Å². The number of hydrogen-bond acceptors (Lipinski definition) is 2. The highest BCUT2D eigenvalue weighted by molar-refractivity contribution is 4.89. The van der Waals surface area contributed by atoms with Gasteiger partial charge in [-0.2, -0.15) is 0 Å². The summed E-state index contributed by atoms with van der Waals surface area (Å²) < 4.78 is 0. The average molecular weight is 224 g/mol. The fourth-order valence-corrected chi connectivity index (χ4v) is 3.18. The first-order valence-electron chi connectivity index (χ1n) is 7.08. The van der Waals surface area contributed by atoms with E-state index in [2.05, 4.69) is 31.2 Å².